The molecule has 50 heavy (non-hydrogen) atoms. The first-order valence-electron chi connectivity index (χ1n) is 16.7. The smallest absolute Gasteiger partial charge is 0.396 e. The van der Waals surface area contributed by atoms with E-state index in [4.69, 9.17) is 20.3 Å². The third kappa shape index (κ3) is 12.3. The number of unbranched alkanes of at least 4 members (excludes halogenated alkanes) is 2. The van der Waals surface area contributed by atoms with E-state index in [-0.39, 0.29) is 24.7 Å². The summed E-state index contributed by atoms with van der Waals surface area (Å²) in [5.41, 5.74) is 7.06. The third-order valence-corrected chi connectivity index (χ3v) is 8.99. The van der Waals surface area contributed by atoms with Crippen molar-refractivity contribution in [1.29, 1.82) is 0 Å². The summed E-state index contributed by atoms with van der Waals surface area (Å²) >= 11 is 3.26. The predicted molar refractivity (Wildman–Crippen MR) is 185 cm³/mol. The molecule has 3 N–H and O–H groups in total. The van der Waals surface area contributed by atoms with Gasteiger partial charge in [0, 0.05) is 44.5 Å². The predicted octanol–water partition coefficient (Wildman–Crippen LogP) is 9.12. The molecule has 0 aromatic heterocycles. The van der Waals surface area contributed by atoms with Crippen LogP contribution in [-0.4, -0.2) is 53.1 Å². The van der Waals surface area contributed by atoms with Crippen molar-refractivity contribution in [2.24, 2.45) is 26.1 Å². The summed E-state index contributed by atoms with van der Waals surface area (Å²) < 4.78 is 89.9. The molecule has 0 amide bonds. The number of hydrogen-bond acceptors (Lipinski definition) is 8. The Morgan fingerprint density at radius 2 is 1.38 bits per heavy atom. The van der Waals surface area contributed by atoms with Crippen molar-refractivity contribution in [3.05, 3.63) is 70.8 Å². The standard InChI is InChI=1S/C20H26F3N3O2.C15H16BrF3N2O/c21-20(22,23)15-7-5-6-14(12-15)16(17-13-18(24)26-25-17)8-1-3-10-27-19-9-2-4-11-28-19;16-14-9-13(20-21-14)12(6-1-2-7-22)10-4-3-5-11(8-10)15(17,18)19/h5-7,12,16,19H,1-4,8-11,13H2,(H2,24,26);3-5,8,12,22H,1-2,6-7,9H2. The SMILES string of the molecule is NC1=NN=C(C(CCCCOC2CCCCO2)c2cccc(C(F)(F)F)c2)C1.OCCCCC(C1=NN=C(Br)C1)c1cccc(C(F)(F)F)c1. The van der Waals surface area contributed by atoms with Gasteiger partial charge in [0.05, 0.1) is 22.6 Å². The largest absolute Gasteiger partial charge is 0.416 e. The van der Waals surface area contributed by atoms with E-state index in [9.17, 15) is 26.3 Å². The van der Waals surface area contributed by atoms with Crippen molar-refractivity contribution in [3.8, 4) is 0 Å². The average molecular weight is 775 g/mol. The Kier molecular flexibility index (Phi) is 15.0. The van der Waals surface area contributed by atoms with Crippen LogP contribution in [-0.2, 0) is 21.8 Å². The topological polar surface area (TPSA) is 114 Å². The molecule has 274 valence electrons. The fraction of sp³-hybridized carbons (Fsp3) is 0.543. The van der Waals surface area contributed by atoms with Crippen LogP contribution in [0.25, 0.3) is 0 Å². The maximum Gasteiger partial charge on any atom is 0.416 e. The van der Waals surface area contributed by atoms with Crippen LogP contribution < -0.4 is 5.73 Å². The number of hydrogen-bond donors (Lipinski definition) is 2. The van der Waals surface area contributed by atoms with E-state index in [2.05, 4.69) is 36.3 Å². The molecule has 3 aliphatic heterocycles. The second-order valence-corrected chi connectivity index (χ2v) is 13.3. The number of amidine groups is 1. The van der Waals surface area contributed by atoms with Gasteiger partial charge in [-0.3, -0.25) is 0 Å². The lowest BCUT2D eigenvalue weighted by atomic mass is 9.87. The highest BCUT2D eigenvalue weighted by molar-refractivity contribution is 9.18. The average Bonchev–Trinajstić information content (AvgIpc) is 3.72. The molecule has 5 rings (SSSR count). The summed E-state index contributed by atoms with van der Waals surface area (Å²) in [6.07, 6.45) is -0.607. The van der Waals surface area contributed by atoms with Crippen LogP contribution in [0.5, 0.6) is 0 Å². The number of rotatable bonds is 14. The third-order valence-electron chi connectivity index (χ3n) is 8.55. The molecule has 3 heterocycles. The lowest BCUT2D eigenvalue weighted by molar-refractivity contribution is -0.162. The number of nitrogens with zero attached hydrogens (tertiary/aromatic N) is 4. The molecule has 3 aliphatic rings. The molecule has 0 spiro atoms. The molecule has 2 aromatic carbocycles. The minimum absolute atomic E-state index is 0.0714. The number of nitrogens with two attached hydrogens (primary N) is 1. The molecule has 0 aliphatic carbocycles. The Balaban J connectivity index is 0.000000232. The van der Waals surface area contributed by atoms with Gasteiger partial charge in [-0.15, -0.1) is 10.2 Å². The monoisotopic (exact) mass is 773 g/mol. The summed E-state index contributed by atoms with van der Waals surface area (Å²) in [7, 11) is 0. The van der Waals surface area contributed by atoms with Crippen LogP contribution in [0, 0.1) is 0 Å². The zero-order chi connectivity index (χ0) is 36.1. The van der Waals surface area contributed by atoms with E-state index in [1.54, 1.807) is 12.1 Å². The summed E-state index contributed by atoms with van der Waals surface area (Å²) in [6.45, 7) is 1.39. The van der Waals surface area contributed by atoms with Gasteiger partial charge in [-0.05, 0) is 84.1 Å². The van der Waals surface area contributed by atoms with E-state index >= 15 is 0 Å². The summed E-state index contributed by atoms with van der Waals surface area (Å²) in [4.78, 5) is 0. The minimum Gasteiger partial charge on any atom is -0.396 e. The first-order valence-corrected chi connectivity index (χ1v) is 17.5. The van der Waals surface area contributed by atoms with Crippen LogP contribution >= 0.6 is 15.9 Å². The van der Waals surface area contributed by atoms with Gasteiger partial charge in [-0.2, -0.15) is 36.5 Å². The molecule has 0 saturated carbocycles. The molecule has 2 aromatic rings. The molecule has 0 bridgehead atoms. The number of ether oxygens (including phenoxy) is 2. The fourth-order valence-electron chi connectivity index (χ4n) is 5.99. The molecule has 1 saturated heterocycles. The molecule has 8 nitrogen and oxygen atoms in total. The summed E-state index contributed by atoms with van der Waals surface area (Å²) in [5.74, 6) is -0.0598. The Hall–Kier alpha value is -3.14. The minimum atomic E-state index is -4.37. The van der Waals surface area contributed by atoms with E-state index in [1.165, 1.54) is 24.3 Å². The maximum absolute atomic E-state index is 13.1. The quantitative estimate of drug-likeness (QED) is 0.147. The number of alkyl halides is 6. The molecular formula is C35H42BrF6N5O3. The molecule has 15 heteroatoms. The van der Waals surface area contributed by atoms with Crippen molar-refractivity contribution >= 4 is 37.8 Å². The zero-order valence-electron chi connectivity index (χ0n) is 27.5. The first kappa shape index (κ1) is 39.6. The van der Waals surface area contributed by atoms with Crippen LogP contribution in [0.4, 0.5) is 26.3 Å². The van der Waals surface area contributed by atoms with Crippen molar-refractivity contribution < 1.29 is 40.9 Å². The molecule has 0 radical (unpaired) electrons. The maximum atomic E-state index is 13.1. The lowest BCUT2D eigenvalue weighted by Gasteiger charge is -2.23. The van der Waals surface area contributed by atoms with Gasteiger partial charge in [0.2, 0.25) is 0 Å². The van der Waals surface area contributed by atoms with E-state index in [0.717, 1.165) is 56.6 Å². The molecule has 1 fully saturated rings. The highest BCUT2D eigenvalue weighted by atomic mass is 79.9. The number of aliphatic hydroxyl groups excluding tert-OH is 1. The van der Waals surface area contributed by atoms with Gasteiger partial charge in [0.25, 0.3) is 0 Å². The number of halogens is 7. The molecular weight excluding hydrogens is 732 g/mol. The van der Waals surface area contributed by atoms with Crippen LogP contribution in [0.15, 0.2) is 68.9 Å². The summed E-state index contributed by atoms with van der Waals surface area (Å²) in [5, 5.41) is 24.9. The highest BCUT2D eigenvalue weighted by Gasteiger charge is 2.33. The van der Waals surface area contributed by atoms with Gasteiger partial charge in [-0.25, -0.2) is 0 Å². The van der Waals surface area contributed by atoms with Crippen molar-refractivity contribution in [2.45, 2.75) is 101 Å². The van der Waals surface area contributed by atoms with Crippen LogP contribution in [0.1, 0.15) is 105 Å². The Bertz CT molecular complexity index is 1520. The van der Waals surface area contributed by atoms with E-state index in [1.807, 2.05) is 0 Å². The van der Waals surface area contributed by atoms with E-state index < -0.39 is 23.5 Å². The molecule has 3 atom stereocenters. The fourth-order valence-corrected chi connectivity index (χ4v) is 6.36. The van der Waals surface area contributed by atoms with Gasteiger partial charge in [-0.1, -0.05) is 49.2 Å². The van der Waals surface area contributed by atoms with E-state index in [0.29, 0.717) is 72.4 Å². The van der Waals surface area contributed by atoms with Gasteiger partial charge in [0.1, 0.15) is 10.5 Å². The molecule has 3 unspecified atom stereocenters. The summed E-state index contributed by atoms with van der Waals surface area (Å²) in [6, 6.07) is 10.8. The lowest BCUT2D eigenvalue weighted by Crippen LogP contribution is -2.22. The number of aliphatic hydroxyl groups is 1. The zero-order valence-corrected chi connectivity index (χ0v) is 29.1. The number of benzene rings is 2. The Labute approximate surface area is 296 Å². The normalized spacial score (nSPS) is 19.2. The second-order valence-electron chi connectivity index (χ2n) is 12.3. The first-order chi connectivity index (χ1) is 23.8. The van der Waals surface area contributed by atoms with Crippen molar-refractivity contribution in [3.63, 3.8) is 0 Å². The van der Waals surface area contributed by atoms with Crippen LogP contribution in [0.2, 0.25) is 0 Å². The van der Waals surface area contributed by atoms with Crippen LogP contribution in [0.3, 0.4) is 0 Å². The van der Waals surface area contributed by atoms with Gasteiger partial charge >= 0.3 is 12.4 Å². The Morgan fingerprint density at radius 1 is 0.800 bits per heavy atom. The van der Waals surface area contributed by atoms with Crippen molar-refractivity contribution in [1.82, 2.24) is 0 Å². The van der Waals surface area contributed by atoms with Gasteiger partial charge in [0.15, 0.2) is 6.29 Å². The van der Waals surface area contributed by atoms with Gasteiger partial charge < -0.3 is 20.3 Å². The Morgan fingerprint density at radius 3 is 1.86 bits per heavy atom. The van der Waals surface area contributed by atoms with Crippen molar-refractivity contribution in [2.75, 3.05) is 19.8 Å². The highest BCUT2D eigenvalue weighted by Crippen LogP contribution is 2.35. The second kappa shape index (κ2) is 18.9.